The lowest BCUT2D eigenvalue weighted by Crippen LogP contribution is -2.42. The largest absolute Gasteiger partial charge is 0.480 e. The molecule has 18 heavy (non-hydrogen) atoms. The van der Waals surface area contributed by atoms with Crippen LogP contribution in [-0.2, 0) is 9.53 Å². The normalized spacial score (nSPS) is 12.9. The number of ether oxygens (including phenoxy) is 1. The highest BCUT2D eigenvalue weighted by molar-refractivity contribution is 5.73. The van der Waals surface area contributed by atoms with Gasteiger partial charge in [0.2, 0.25) is 0 Å². The lowest BCUT2D eigenvalue weighted by atomic mass is 10.2. The molecule has 0 saturated heterocycles. The Bertz CT molecular complexity index is 286. The molecular formula is C12H24N2O4. The maximum absolute atomic E-state index is 11.6. The van der Waals surface area contributed by atoms with Gasteiger partial charge in [-0.25, -0.2) is 4.79 Å². The summed E-state index contributed by atoms with van der Waals surface area (Å²) >= 11 is 0. The maximum Gasteiger partial charge on any atom is 0.410 e. The van der Waals surface area contributed by atoms with Gasteiger partial charge in [0.1, 0.15) is 11.6 Å². The van der Waals surface area contributed by atoms with Crippen molar-refractivity contribution in [2.75, 3.05) is 20.1 Å². The van der Waals surface area contributed by atoms with Crippen LogP contribution in [0.3, 0.4) is 0 Å². The van der Waals surface area contributed by atoms with Crippen LogP contribution in [0.1, 0.15) is 34.1 Å². The third kappa shape index (κ3) is 7.11. The van der Waals surface area contributed by atoms with E-state index in [4.69, 9.17) is 9.84 Å². The van der Waals surface area contributed by atoms with Gasteiger partial charge in [-0.3, -0.25) is 4.79 Å². The Morgan fingerprint density at radius 3 is 2.33 bits per heavy atom. The first-order valence-corrected chi connectivity index (χ1v) is 6.07. The van der Waals surface area contributed by atoms with E-state index in [2.05, 4.69) is 5.32 Å². The summed E-state index contributed by atoms with van der Waals surface area (Å²) in [7, 11) is 1.62. The molecule has 0 spiro atoms. The monoisotopic (exact) mass is 260 g/mol. The average molecular weight is 260 g/mol. The summed E-state index contributed by atoms with van der Waals surface area (Å²) in [6, 6.07) is -0.572. The Hall–Kier alpha value is -1.30. The van der Waals surface area contributed by atoms with Crippen LogP contribution in [-0.4, -0.2) is 53.8 Å². The molecule has 2 N–H and O–H groups in total. The minimum absolute atomic E-state index is 0.401. The highest BCUT2D eigenvalue weighted by Gasteiger charge is 2.20. The molecule has 0 radical (unpaired) electrons. The molecule has 0 bridgehead atoms. The topological polar surface area (TPSA) is 78.9 Å². The highest BCUT2D eigenvalue weighted by atomic mass is 16.6. The summed E-state index contributed by atoms with van der Waals surface area (Å²) in [5.74, 6) is -0.877. The molecule has 6 nitrogen and oxygen atoms in total. The van der Waals surface area contributed by atoms with E-state index >= 15 is 0 Å². The van der Waals surface area contributed by atoms with Gasteiger partial charge in [-0.15, -0.1) is 0 Å². The number of carbonyl (C=O) groups excluding carboxylic acids is 1. The molecule has 0 saturated carbocycles. The Labute approximate surface area is 108 Å². The van der Waals surface area contributed by atoms with Crippen LogP contribution in [0.25, 0.3) is 0 Å². The maximum atomic E-state index is 11.6. The number of hydrogen-bond donors (Lipinski definition) is 2. The standard InChI is InChI=1S/C12H24N2O4/c1-6-9(10(15)16)13-7-8-14(5)11(17)18-12(2,3)4/h9,13H,6-8H2,1-5H3,(H,15,16). The van der Waals surface area contributed by atoms with Crippen molar-refractivity contribution >= 4 is 12.1 Å². The quantitative estimate of drug-likeness (QED) is 0.752. The van der Waals surface area contributed by atoms with E-state index in [0.29, 0.717) is 19.5 Å². The van der Waals surface area contributed by atoms with Crippen LogP contribution in [0.4, 0.5) is 4.79 Å². The molecule has 1 amide bonds. The van der Waals surface area contributed by atoms with Crippen molar-refractivity contribution in [3.8, 4) is 0 Å². The van der Waals surface area contributed by atoms with Crippen LogP contribution in [0.5, 0.6) is 0 Å². The number of nitrogens with one attached hydrogen (secondary N) is 1. The van der Waals surface area contributed by atoms with Gasteiger partial charge < -0.3 is 20.1 Å². The predicted octanol–water partition coefficient (Wildman–Crippen LogP) is 1.31. The number of carboxylic acids is 1. The van der Waals surface area contributed by atoms with E-state index in [0.717, 1.165) is 0 Å². The van der Waals surface area contributed by atoms with Crippen LogP contribution >= 0.6 is 0 Å². The third-order valence-electron chi connectivity index (χ3n) is 2.25. The Balaban J connectivity index is 4.00. The highest BCUT2D eigenvalue weighted by Crippen LogP contribution is 2.08. The first kappa shape index (κ1) is 16.7. The summed E-state index contributed by atoms with van der Waals surface area (Å²) in [6.07, 6.45) is 0.0959. The van der Waals surface area contributed by atoms with E-state index < -0.39 is 23.7 Å². The minimum atomic E-state index is -0.877. The third-order valence-corrected chi connectivity index (χ3v) is 2.25. The van der Waals surface area contributed by atoms with Crippen molar-refractivity contribution in [2.45, 2.75) is 45.8 Å². The second kappa shape index (κ2) is 7.20. The van der Waals surface area contributed by atoms with Gasteiger partial charge in [0.25, 0.3) is 0 Å². The average Bonchev–Trinajstić information content (AvgIpc) is 2.20. The number of nitrogens with zero attached hydrogens (tertiary/aromatic N) is 1. The number of aliphatic carboxylic acids is 1. The van der Waals surface area contributed by atoms with Gasteiger partial charge in [-0.05, 0) is 27.2 Å². The zero-order valence-electron chi connectivity index (χ0n) is 11.8. The summed E-state index contributed by atoms with van der Waals surface area (Å²) in [4.78, 5) is 23.8. The fourth-order valence-corrected chi connectivity index (χ4v) is 1.24. The number of rotatable bonds is 6. The second-order valence-electron chi connectivity index (χ2n) is 5.16. The molecule has 0 aromatic heterocycles. The molecule has 106 valence electrons. The molecule has 1 unspecified atom stereocenters. The molecule has 0 aliphatic carbocycles. The Morgan fingerprint density at radius 1 is 1.39 bits per heavy atom. The van der Waals surface area contributed by atoms with E-state index in [1.165, 1.54) is 4.90 Å². The molecule has 0 aromatic rings. The van der Waals surface area contributed by atoms with E-state index in [1.807, 2.05) is 0 Å². The molecule has 0 rings (SSSR count). The number of carbonyl (C=O) groups is 2. The first-order valence-electron chi connectivity index (χ1n) is 6.07. The van der Waals surface area contributed by atoms with Crippen molar-refractivity contribution in [1.29, 1.82) is 0 Å². The van der Waals surface area contributed by atoms with Gasteiger partial charge in [0.05, 0.1) is 0 Å². The van der Waals surface area contributed by atoms with Gasteiger partial charge in [-0.2, -0.15) is 0 Å². The van der Waals surface area contributed by atoms with Crippen LogP contribution < -0.4 is 5.32 Å². The van der Waals surface area contributed by atoms with E-state index in [1.54, 1.807) is 34.7 Å². The fraction of sp³-hybridized carbons (Fsp3) is 0.833. The van der Waals surface area contributed by atoms with Crippen LogP contribution in [0.2, 0.25) is 0 Å². The lowest BCUT2D eigenvalue weighted by Gasteiger charge is -2.25. The smallest absolute Gasteiger partial charge is 0.410 e. The Kier molecular flexibility index (Phi) is 6.68. The zero-order valence-corrected chi connectivity index (χ0v) is 11.8. The van der Waals surface area contributed by atoms with Gasteiger partial charge in [0.15, 0.2) is 0 Å². The SMILES string of the molecule is CCC(NCCN(C)C(=O)OC(C)(C)C)C(=O)O. The van der Waals surface area contributed by atoms with Gasteiger partial charge in [-0.1, -0.05) is 6.92 Å². The van der Waals surface area contributed by atoms with E-state index in [9.17, 15) is 9.59 Å². The molecule has 0 aromatic carbocycles. The van der Waals surface area contributed by atoms with Crippen LogP contribution in [0, 0.1) is 0 Å². The summed E-state index contributed by atoms with van der Waals surface area (Å²) in [5.41, 5.74) is -0.522. The molecule has 0 aliphatic heterocycles. The predicted molar refractivity (Wildman–Crippen MR) is 68.6 cm³/mol. The summed E-state index contributed by atoms with van der Waals surface area (Å²) in [5, 5.41) is 11.7. The van der Waals surface area contributed by atoms with Gasteiger partial charge in [0, 0.05) is 20.1 Å². The van der Waals surface area contributed by atoms with Crippen molar-refractivity contribution in [3.05, 3.63) is 0 Å². The molecule has 0 heterocycles. The lowest BCUT2D eigenvalue weighted by molar-refractivity contribution is -0.139. The van der Waals surface area contributed by atoms with Crippen LogP contribution in [0.15, 0.2) is 0 Å². The minimum Gasteiger partial charge on any atom is -0.480 e. The number of likely N-dealkylation sites (N-methyl/N-ethyl adjacent to an activating group) is 1. The van der Waals surface area contributed by atoms with Crippen molar-refractivity contribution in [1.82, 2.24) is 10.2 Å². The molecule has 1 atom stereocenters. The molecule has 0 aliphatic rings. The fourth-order valence-electron chi connectivity index (χ4n) is 1.24. The number of amides is 1. The van der Waals surface area contributed by atoms with E-state index in [-0.39, 0.29) is 0 Å². The molecular weight excluding hydrogens is 236 g/mol. The first-order chi connectivity index (χ1) is 8.17. The van der Waals surface area contributed by atoms with Crippen molar-refractivity contribution in [3.63, 3.8) is 0 Å². The summed E-state index contributed by atoms with van der Waals surface area (Å²) in [6.45, 7) is 8.01. The van der Waals surface area contributed by atoms with Crippen molar-refractivity contribution in [2.24, 2.45) is 0 Å². The Morgan fingerprint density at radius 2 is 1.94 bits per heavy atom. The second-order valence-corrected chi connectivity index (χ2v) is 5.16. The molecule has 0 fully saturated rings. The number of carboxylic acid groups (broad SMARTS) is 1. The molecule has 6 heteroatoms. The zero-order chi connectivity index (χ0) is 14.3. The van der Waals surface area contributed by atoms with Crippen molar-refractivity contribution < 1.29 is 19.4 Å². The number of hydrogen-bond acceptors (Lipinski definition) is 4. The van der Waals surface area contributed by atoms with Gasteiger partial charge >= 0.3 is 12.1 Å². The summed E-state index contributed by atoms with van der Waals surface area (Å²) < 4.78 is 5.17.